The quantitative estimate of drug-likeness (QED) is 0.789. The third-order valence-electron chi connectivity index (χ3n) is 3.45. The van der Waals surface area contributed by atoms with Crippen molar-refractivity contribution in [3.8, 4) is 0 Å². The van der Waals surface area contributed by atoms with E-state index in [1.54, 1.807) is 18.2 Å². The average molecular weight is 292 g/mol. The van der Waals surface area contributed by atoms with Gasteiger partial charge in [-0.2, -0.15) is 0 Å². The molecule has 6 heteroatoms. The number of carbonyl (C=O) groups is 2. The van der Waals surface area contributed by atoms with Crippen LogP contribution in [0.5, 0.6) is 0 Å². The zero-order chi connectivity index (χ0) is 15.2. The maximum atomic E-state index is 11.8. The number of carbonyl (C=O) groups excluding carboxylic acids is 1. The fraction of sp³-hybridized carbons (Fsp3) is 0.467. The van der Waals surface area contributed by atoms with Gasteiger partial charge in [0.15, 0.2) is 0 Å². The molecule has 1 saturated heterocycles. The summed E-state index contributed by atoms with van der Waals surface area (Å²) in [5.41, 5.74) is 0.971. The number of carboxylic acid groups (broad SMARTS) is 1. The van der Waals surface area contributed by atoms with E-state index in [1.807, 2.05) is 6.92 Å². The van der Waals surface area contributed by atoms with Crippen molar-refractivity contribution in [2.24, 2.45) is 0 Å². The standard InChI is InChI=1S/C15H20N2O4/c1-10-7-13(5-6-21-10)17-15(20)16-9-11-3-2-4-12(8-11)14(18)19/h2-4,8,10,13H,5-7,9H2,1H3,(H,18,19)(H2,16,17,20). The molecule has 0 aliphatic carbocycles. The molecule has 1 heterocycles. The van der Waals surface area contributed by atoms with E-state index in [0.29, 0.717) is 13.2 Å². The molecular formula is C15H20N2O4. The van der Waals surface area contributed by atoms with Crippen LogP contribution in [0.2, 0.25) is 0 Å². The van der Waals surface area contributed by atoms with E-state index >= 15 is 0 Å². The minimum Gasteiger partial charge on any atom is -0.478 e. The summed E-state index contributed by atoms with van der Waals surface area (Å²) in [5, 5.41) is 14.6. The molecule has 1 aliphatic heterocycles. The van der Waals surface area contributed by atoms with Gasteiger partial charge >= 0.3 is 12.0 Å². The first-order valence-electron chi connectivity index (χ1n) is 7.03. The average Bonchev–Trinajstić information content (AvgIpc) is 2.45. The Balaban J connectivity index is 1.81. The van der Waals surface area contributed by atoms with E-state index in [-0.39, 0.29) is 23.7 Å². The SMILES string of the molecule is CC1CC(NC(=O)NCc2cccc(C(=O)O)c2)CCO1. The molecule has 6 nitrogen and oxygen atoms in total. The number of hydrogen-bond donors (Lipinski definition) is 3. The highest BCUT2D eigenvalue weighted by Crippen LogP contribution is 2.13. The molecule has 2 unspecified atom stereocenters. The number of ether oxygens (including phenoxy) is 1. The number of urea groups is 1. The van der Waals surface area contributed by atoms with Crippen molar-refractivity contribution in [3.05, 3.63) is 35.4 Å². The maximum Gasteiger partial charge on any atom is 0.335 e. The Morgan fingerprint density at radius 2 is 2.24 bits per heavy atom. The molecule has 1 fully saturated rings. The maximum absolute atomic E-state index is 11.8. The third kappa shape index (κ3) is 4.75. The van der Waals surface area contributed by atoms with Gasteiger partial charge in [-0.15, -0.1) is 0 Å². The van der Waals surface area contributed by atoms with Gasteiger partial charge < -0.3 is 20.5 Å². The van der Waals surface area contributed by atoms with Gasteiger partial charge in [0, 0.05) is 19.2 Å². The first-order chi connectivity index (χ1) is 10.0. The predicted molar refractivity (Wildman–Crippen MR) is 77.2 cm³/mol. The summed E-state index contributed by atoms with van der Waals surface area (Å²) >= 11 is 0. The highest BCUT2D eigenvalue weighted by molar-refractivity contribution is 5.87. The Morgan fingerprint density at radius 3 is 2.95 bits per heavy atom. The van der Waals surface area contributed by atoms with Crippen molar-refractivity contribution in [2.75, 3.05) is 6.61 Å². The summed E-state index contributed by atoms with van der Waals surface area (Å²) < 4.78 is 5.43. The van der Waals surface area contributed by atoms with Crippen molar-refractivity contribution in [1.29, 1.82) is 0 Å². The van der Waals surface area contributed by atoms with Gasteiger partial charge in [0.1, 0.15) is 0 Å². The summed E-state index contributed by atoms with van der Waals surface area (Å²) in [7, 11) is 0. The summed E-state index contributed by atoms with van der Waals surface area (Å²) in [6, 6.07) is 6.41. The minimum absolute atomic E-state index is 0.124. The molecule has 2 amide bonds. The lowest BCUT2D eigenvalue weighted by molar-refractivity contribution is 0.0154. The number of benzene rings is 1. The minimum atomic E-state index is -0.975. The van der Waals surface area contributed by atoms with E-state index in [9.17, 15) is 9.59 Å². The van der Waals surface area contributed by atoms with Crippen LogP contribution >= 0.6 is 0 Å². The van der Waals surface area contributed by atoms with Crippen molar-refractivity contribution in [3.63, 3.8) is 0 Å². The Bertz CT molecular complexity index is 518. The van der Waals surface area contributed by atoms with Crippen LogP contribution < -0.4 is 10.6 Å². The van der Waals surface area contributed by atoms with Crippen molar-refractivity contribution >= 4 is 12.0 Å². The van der Waals surface area contributed by atoms with Crippen LogP contribution in [-0.2, 0) is 11.3 Å². The molecule has 1 aromatic rings. The fourth-order valence-corrected chi connectivity index (χ4v) is 2.36. The van der Waals surface area contributed by atoms with Crippen molar-refractivity contribution in [2.45, 2.75) is 38.5 Å². The molecule has 114 valence electrons. The zero-order valence-corrected chi connectivity index (χ0v) is 12.0. The van der Waals surface area contributed by atoms with Gasteiger partial charge in [0.2, 0.25) is 0 Å². The first kappa shape index (κ1) is 15.3. The molecule has 3 N–H and O–H groups in total. The van der Waals surface area contributed by atoms with Crippen LogP contribution in [0.3, 0.4) is 0 Å². The Labute approximate surface area is 123 Å². The van der Waals surface area contributed by atoms with E-state index in [4.69, 9.17) is 9.84 Å². The molecule has 21 heavy (non-hydrogen) atoms. The van der Waals surface area contributed by atoms with Gasteiger partial charge in [-0.3, -0.25) is 0 Å². The van der Waals surface area contributed by atoms with Crippen LogP contribution in [-0.4, -0.2) is 35.9 Å². The molecule has 2 atom stereocenters. The molecule has 2 rings (SSSR count). The molecule has 1 aliphatic rings. The van der Waals surface area contributed by atoms with Gasteiger partial charge in [-0.1, -0.05) is 12.1 Å². The molecule has 0 saturated carbocycles. The van der Waals surface area contributed by atoms with E-state index in [0.717, 1.165) is 18.4 Å². The van der Waals surface area contributed by atoms with Crippen LogP contribution in [0.4, 0.5) is 4.79 Å². The first-order valence-corrected chi connectivity index (χ1v) is 7.03. The van der Waals surface area contributed by atoms with Crippen molar-refractivity contribution < 1.29 is 19.4 Å². The molecule has 0 radical (unpaired) electrons. The van der Waals surface area contributed by atoms with Crippen LogP contribution in [0.25, 0.3) is 0 Å². The lowest BCUT2D eigenvalue weighted by atomic mass is 10.0. The number of hydrogen-bond acceptors (Lipinski definition) is 3. The number of nitrogens with one attached hydrogen (secondary N) is 2. The zero-order valence-electron chi connectivity index (χ0n) is 12.0. The highest BCUT2D eigenvalue weighted by Gasteiger charge is 2.20. The highest BCUT2D eigenvalue weighted by atomic mass is 16.5. The van der Waals surface area contributed by atoms with E-state index < -0.39 is 5.97 Å². The van der Waals surface area contributed by atoms with Crippen LogP contribution in [0.15, 0.2) is 24.3 Å². The number of aromatic carboxylic acids is 1. The molecule has 0 bridgehead atoms. The second-order valence-corrected chi connectivity index (χ2v) is 5.24. The summed E-state index contributed by atoms with van der Waals surface area (Å²) in [5.74, 6) is -0.975. The Morgan fingerprint density at radius 1 is 1.43 bits per heavy atom. The summed E-state index contributed by atoms with van der Waals surface area (Å²) in [6.07, 6.45) is 1.78. The summed E-state index contributed by atoms with van der Waals surface area (Å²) in [6.45, 7) is 2.95. The van der Waals surface area contributed by atoms with Crippen LogP contribution in [0.1, 0.15) is 35.7 Å². The Kier molecular flexibility index (Phi) is 5.16. The number of rotatable bonds is 4. The number of carboxylic acids is 1. The largest absolute Gasteiger partial charge is 0.478 e. The topological polar surface area (TPSA) is 87.7 Å². The number of amides is 2. The van der Waals surface area contributed by atoms with Gasteiger partial charge in [0.25, 0.3) is 0 Å². The smallest absolute Gasteiger partial charge is 0.335 e. The van der Waals surface area contributed by atoms with Gasteiger partial charge in [-0.05, 0) is 37.5 Å². The lowest BCUT2D eigenvalue weighted by Crippen LogP contribution is -2.45. The monoisotopic (exact) mass is 292 g/mol. The second-order valence-electron chi connectivity index (χ2n) is 5.24. The van der Waals surface area contributed by atoms with Gasteiger partial charge in [0.05, 0.1) is 11.7 Å². The lowest BCUT2D eigenvalue weighted by Gasteiger charge is -2.27. The van der Waals surface area contributed by atoms with Crippen LogP contribution in [0, 0.1) is 0 Å². The van der Waals surface area contributed by atoms with E-state index in [1.165, 1.54) is 6.07 Å². The second kappa shape index (κ2) is 7.08. The molecule has 0 aromatic heterocycles. The third-order valence-corrected chi connectivity index (χ3v) is 3.45. The molecular weight excluding hydrogens is 272 g/mol. The summed E-state index contributed by atoms with van der Waals surface area (Å²) in [4.78, 5) is 22.7. The van der Waals surface area contributed by atoms with Crippen molar-refractivity contribution in [1.82, 2.24) is 10.6 Å². The van der Waals surface area contributed by atoms with Gasteiger partial charge in [-0.25, -0.2) is 9.59 Å². The molecule has 0 spiro atoms. The fourth-order valence-electron chi connectivity index (χ4n) is 2.36. The molecule has 1 aromatic carbocycles. The normalized spacial score (nSPS) is 21.6. The Hall–Kier alpha value is -2.08. The van der Waals surface area contributed by atoms with E-state index in [2.05, 4.69) is 10.6 Å². The predicted octanol–water partition coefficient (Wildman–Crippen LogP) is 1.75.